The van der Waals surface area contributed by atoms with Gasteiger partial charge in [-0.15, -0.1) is 10.2 Å². The van der Waals surface area contributed by atoms with Crippen LogP contribution >= 0.6 is 11.3 Å². The number of hydrogen-bond donors (Lipinski definition) is 0. The third-order valence-electron chi connectivity index (χ3n) is 2.29. The number of nitrogens with zero attached hydrogens (tertiary/aromatic N) is 2. The Morgan fingerprint density at radius 3 is 2.25 bits per heavy atom. The smallest absolute Gasteiger partial charge is 0.417 e. The summed E-state index contributed by atoms with van der Waals surface area (Å²) < 4.78 is 43.7. The highest BCUT2D eigenvalue weighted by molar-refractivity contribution is 7.14. The van der Waals surface area contributed by atoms with Crippen molar-refractivity contribution in [3.05, 3.63) is 28.8 Å². The fourth-order valence-electron chi connectivity index (χ4n) is 1.48. The summed E-state index contributed by atoms with van der Waals surface area (Å²) in [5.74, 6) is 0.160. The first-order valence-corrected chi connectivity index (χ1v) is 6.79. The van der Waals surface area contributed by atoms with E-state index < -0.39 is 11.7 Å². The summed E-state index contributed by atoms with van der Waals surface area (Å²) in [4.78, 5) is 0. The van der Waals surface area contributed by atoms with Gasteiger partial charge in [-0.05, 0) is 25.1 Å². The predicted octanol–water partition coefficient (Wildman–Crippen LogP) is 4.57. The van der Waals surface area contributed by atoms with E-state index in [1.807, 2.05) is 13.8 Å². The average molecular weight is 304 g/mol. The molecule has 0 saturated carbocycles. The Morgan fingerprint density at radius 1 is 1.15 bits per heavy atom. The second kappa shape index (κ2) is 6.69. The normalized spacial score (nSPS) is 10.8. The third kappa shape index (κ3) is 3.69. The van der Waals surface area contributed by atoms with E-state index in [0.717, 1.165) is 17.4 Å². The highest BCUT2D eigenvalue weighted by Crippen LogP contribution is 2.39. The van der Waals surface area contributed by atoms with Gasteiger partial charge in [-0.3, -0.25) is 0 Å². The van der Waals surface area contributed by atoms with Gasteiger partial charge in [0.15, 0.2) is 0 Å². The van der Waals surface area contributed by atoms with Crippen LogP contribution in [0.5, 0.6) is 5.75 Å². The minimum absolute atomic E-state index is 0.0221. The minimum Gasteiger partial charge on any atom is -0.497 e. The van der Waals surface area contributed by atoms with Gasteiger partial charge in [-0.25, -0.2) is 0 Å². The van der Waals surface area contributed by atoms with Crippen LogP contribution in [0.1, 0.15) is 24.4 Å². The van der Waals surface area contributed by atoms with Crippen LogP contribution in [-0.2, 0) is 6.18 Å². The summed E-state index contributed by atoms with van der Waals surface area (Å²) in [6.07, 6.45) is -4.45. The first-order chi connectivity index (χ1) is 9.41. The molecule has 3 nitrogen and oxygen atoms in total. The van der Waals surface area contributed by atoms with E-state index in [9.17, 15) is 13.2 Å². The summed E-state index contributed by atoms with van der Waals surface area (Å²) >= 11 is 1.12. The lowest BCUT2D eigenvalue weighted by Gasteiger charge is -2.12. The van der Waals surface area contributed by atoms with Crippen LogP contribution in [-0.4, -0.2) is 17.3 Å². The summed E-state index contributed by atoms with van der Waals surface area (Å²) in [6.45, 7) is 5.69. The Bertz CT molecular complexity index is 567. The summed E-state index contributed by atoms with van der Waals surface area (Å²) in [5.41, 5.74) is -0.744. The Kier molecular flexibility index (Phi) is 5.50. The molecule has 0 fully saturated rings. The molecule has 1 heterocycles. The number of alkyl halides is 3. The van der Waals surface area contributed by atoms with Crippen LogP contribution in [0.2, 0.25) is 0 Å². The van der Waals surface area contributed by atoms with Crippen LogP contribution in [0.3, 0.4) is 0 Å². The number of rotatable bonds is 2. The molecule has 0 radical (unpaired) electrons. The molecule has 1 aromatic carbocycles. The topological polar surface area (TPSA) is 35.0 Å². The Morgan fingerprint density at radius 2 is 1.80 bits per heavy atom. The summed E-state index contributed by atoms with van der Waals surface area (Å²) in [5, 5.41) is 8.34. The average Bonchev–Trinajstić information content (AvgIpc) is 2.86. The van der Waals surface area contributed by atoms with Crippen molar-refractivity contribution >= 4 is 11.3 Å². The molecule has 0 N–H and O–H groups in total. The molecule has 0 unspecified atom stereocenters. The molecule has 1 aromatic heterocycles. The van der Waals surface area contributed by atoms with Gasteiger partial charge in [0.1, 0.15) is 15.8 Å². The van der Waals surface area contributed by atoms with Crippen LogP contribution in [0.4, 0.5) is 13.2 Å². The fourth-order valence-corrected chi connectivity index (χ4v) is 2.21. The first-order valence-electron chi connectivity index (χ1n) is 5.97. The van der Waals surface area contributed by atoms with E-state index in [1.165, 1.54) is 19.2 Å². The lowest BCUT2D eigenvalue weighted by atomic mass is 10.1. The van der Waals surface area contributed by atoms with Crippen molar-refractivity contribution in [2.24, 2.45) is 0 Å². The predicted molar refractivity (Wildman–Crippen MR) is 73.0 cm³/mol. The van der Waals surface area contributed by atoms with E-state index in [-0.39, 0.29) is 16.3 Å². The molecule has 7 heteroatoms. The van der Waals surface area contributed by atoms with Gasteiger partial charge in [0.05, 0.1) is 12.7 Å². The molecule has 0 spiro atoms. The molecule has 0 bridgehead atoms. The van der Waals surface area contributed by atoms with Gasteiger partial charge in [-0.1, -0.05) is 25.2 Å². The van der Waals surface area contributed by atoms with E-state index >= 15 is 0 Å². The molecule has 0 atom stereocenters. The molecule has 2 aromatic rings. The van der Waals surface area contributed by atoms with E-state index in [1.54, 1.807) is 6.92 Å². The maximum absolute atomic E-state index is 13.0. The number of aromatic nitrogens is 2. The molecule has 0 saturated heterocycles. The molecule has 110 valence electrons. The van der Waals surface area contributed by atoms with Crippen LogP contribution in [0.25, 0.3) is 10.6 Å². The van der Waals surface area contributed by atoms with Crippen LogP contribution in [0.15, 0.2) is 18.2 Å². The van der Waals surface area contributed by atoms with Crippen LogP contribution in [0, 0.1) is 6.92 Å². The molecule has 0 aliphatic heterocycles. The van der Waals surface area contributed by atoms with Crippen molar-refractivity contribution in [2.75, 3.05) is 7.11 Å². The molecule has 0 aliphatic rings. The van der Waals surface area contributed by atoms with E-state index in [2.05, 4.69) is 10.2 Å². The maximum Gasteiger partial charge on any atom is 0.417 e. The first kappa shape index (κ1) is 16.4. The SMILES string of the molecule is CC.COc1ccc(-c2nnc(C)s2)c(C(F)(F)F)c1. The lowest BCUT2D eigenvalue weighted by molar-refractivity contribution is -0.137. The molecular formula is C13H15F3N2OS. The summed E-state index contributed by atoms with van der Waals surface area (Å²) in [7, 11) is 1.32. The fraction of sp³-hybridized carbons (Fsp3) is 0.385. The third-order valence-corrected chi connectivity index (χ3v) is 3.16. The second-order valence-corrected chi connectivity index (χ2v) is 4.72. The molecule has 20 heavy (non-hydrogen) atoms. The standard InChI is InChI=1S/C11H9F3N2OS.C2H6/c1-6-15-16-10(18-6)8-4-3-7(17-2)5-9(8)11(12,13)14;1-2/h3-5H,1-2H3;1-2H3. The van der Waals surface area contributed by atoms with Crippen molar-refractivity contribution in [1.82, 2.24) is 10.2 Å². The quantitative estimate of drug-likeness (QED) is 0.815. The highest BCUT2D eigenvalue weighted by atomic mass is 32.1. The van der Waals surface area contributed by atoms with Crippen molar-refractivity contribution in [1.29, 1.82) is 0 Å². The zero-order valence-electron chi connectivity index (χ0n) is 11.6. The molecular weight excluding hydrogens is 289 g/mol. The van der Waals surface area contributed by atoms with Gasteiger partial charge in [0.25, 0.3) is 0 Å². The minimum atomic E-state index is -4.45. The number of methoxy groups -OCH3 is 1. The molecule has 0 amide bonds. The Hall–Kier alpha value is -1.63. The number of hydrogen-bond acceptors (Lipinski definition) is 4. The number of halogens is 3. The molecule has 2 rings (SSSR count). The zero-order chi connectivity index (χ0) is 15.3. The maximum atomic E-state index is 13.0. The van der Waals surface area contributed by atoms with E-state index in [4.69, 9.17) is 4.74 Å². The molecule has 0 aliphatic carbocycles. The van der Waals surface area contributed by atoms with Crippen molar-refractivity contribution in [3.63, 3.8) is 0 Å². The monoisotopic (exact) mass is 304 g/mol. The highest BCUT2D eigenvalue weighted by Gasteiger charge is 2.35. The van der Waals surface area contributed by atoms with E-state index in [0.29, 0.717) is 5.01 Å². The number of aryl methyl sites for hydroxylation is 1. The van der Waals surface area contributed by atoms with Crippen molar-refractivity contribution in [2.45, 2.75) is 26.9 Å². The van der Waals surface area contributed by atoms with Gasteiger partial charge < -0.3 is 4.74 Å². The lowest BCUT2D eigenvalue weighted by Crippen LogP contribution is -2.07. The van der Waals surface area contributed by atoms with Gasteiger partial charge in [-0.2, -0.15) is 13.2 Å². The zero-order valence-corrected chi connectivity index (χ0v) is 12.4. The van der Waals surface area contributed by atoms with Gasteiger partial charge in [0.2, 0.25) is 0 Å². The number of benzene rings is 1. The van der Waals surface area contributed by atoms with Crippen molar-refractivity contribution < 1.29 is 17.9 Å². The summed E-state index contributed by atoms with van der Waals surface area (Å²) in [6, 6.07) is 3.79. The van der Waals surface area contributed by atoms with Crippen molar-refractivity contribution in [3.8, 4) is 16.3 Å². The van der Waals surface area contributed by atoms with Crippen LogP contribution < -0.4 is 4.74 Å². The van der Waals surface area contributed by atoms with Gasteiger partial charge >= 0.3 is 6.18 Å². The van der Waals surface area contributed by atoms with Gasteiger partial charge in [0, 0.05) is 5.56 Å². The second-order valence-electron chi connectivity index (χ2n) is 3.54. The largest absolute Gasteiger partial charge is 0.497 e. The number of ether oxygens (including phenoxy) is 1. The Balaban J connectivity index is 0.000000956. The Labute approximate surface area is 119 Å².